The highest BCUT2D eigenvalue weighted by Gasteiger charge is 2.42. The number of aromatic nitrogens is 2. The highest BCUT2D eigenvalue weighted by molar-refractivity contribution is 7.80. The lowest BCUT2D eigenvalue weighted by molar-refractivity contribution is -0.119. The molecular formula is C26H28ClN5O2S. The number of halogens is 1. The van der Waals surface area contributed by atoms with Crippen molar-refractivity contribution in [1.82, 2.24) is 14.9 Å². The predicted octanol–water partition coefficient (Wildman–Crippen LogP) is 5.41. The zero-order valence-corrected chi connectivity index (χ0v) is 21.1. The van der Waals surface area contributed by atoms with Crippen molar-refractivity contribution in [2.75, 3.05) is 23.9 Å². The first-order chi connectivity index (χ1) is 17.1. The number of carbonyl (C=O) groups is 1. The molecule has 1 aliphatic carbocycles. The monoisotopic (exact) mass is 509 g/mol. The van der Waals surface area contributed by atoms with E-state index in [1.54, 1.807) is 6.07 Å². The molecular weight excluding hydrogens is 482 g/mol. The summed E-state index contributed by atoms with van der Waals surface area (Å²) in [5, 5.41) is 7.33. The van der Waals surface area contributed by atoms with E-state index in [1.165, 1.54) is 38.5 Å². The SMILES string of the molecule is COCC(=O)Nc1ccc(N2C(=S)NC(c3ccccn3)C2c2cccn2C2CCCC2)cc1Cl. The third kappa shape index (κ3) is 4.78. The van der Waals surface area contributed by atoms with Crippen molar-refractivity contribution in [3.63, 3.8) is 0 Å². The summed E-state index contributed by atoms with van der Waals surface area (Å²) in [5.74, 6) is -0.261. The molecule has 9 heteroatoms. The second kappa shape index (κ2) is 10.4. The molecule has 1 saturated carbocycles. The highest BCUT2D eigenvalue weighted by Crippen LogP contribution is 2.44. The van der Waals surface area contributed by atoms with Crippen molar-refractivity contribution in [2.45, 2.75) is 43.8 Å². The summed E-state index contributed by atoms with van der Waals surface area (Å²) in [6.07, 6.45) is 8.86. The topological polar surface area (TPSA) is 71.4 Å². The van der Waals surface area contributed by atoms with Crippen molar-refractivity contribution in [2.24, 2.45) is 0 Å². The largest absolute Gasteiger partial charge is 0.375 e. The Morgan fingerprint density at radius 2 is 2.06 bits per heavy atom. The molecule has 2 aromatic heterocycles. The van der Waals surface area contributed by atoms with Gasteiger partial charge in [0, 0.05) is 36.9 Å². The van der Waals surface area contributed by atoms with Gasteiger partial charge in [0.2, 0.25) is 5.91 Å². The van der Waals surface area contributed by atoms with E-state index < -0.39 is 0 Å². The molecule has 2 unspecified atom stereocenters. The van der Waals surface area contributed by atoms with Crippen LogP contribution in [0.5, 0.6) is 0 Å². The van der Waals surface area contributed by atoms with Crippen LogP contribution in [-0.2, 0) is 9.53 Å². The van der Waals surface area contributed by atoms with Crippen LogP contribution in [0, 0.1) is 0 Å². The van der Waals surface area contributed by atoms with Crippen LogP contribution in [0.2, 0.25) is 5.02 Å². The fourth-order valence-corrected chi connectivity index (χ4v) is 5.75. The smallest absolute Gasteiger partial charge is 0.250 e. The molecule has 2 atom stereocenters. The van der Waals surface area contributed by atoms with Gasteiger partial charge in [-0.1, -0.05) is 30.5 Å². The van der Waals surface area contributed by atoms with E-state index in [0.29, 0.717) is 21.9 Å². The number of pyridine rings is 1. The summed E-state index contributed by atoms with van der Waals surface area (Å²) >= 11 is 12.5. The van der Waals surface area contributed by atoms with Gasteiger partial charge in [-0.25, -0.2) is 0 Å². The standard InChI is InChI=1S/C26H28ClN5O2S/c1-34-16-23(33)29-20-12-11-18(15-19(20)27)32-25(22-10-6-14-31(22)17-7-2-3-8-17)24(30-26(32)35)21-9-4-5-13-28-21/h4-6,9-15,17,24-25H,2-3,7-8,16H2,1H3,(H,29,33)(H,30,35). The number of hydrogen-bond donors (Lipinski definition) is 2. The van der Waals surface area contributed by atoms with Gasteiger partial charge in [0.1, 0.15) is 12.6 Å². The first-order valence-corrected chi connectivity index (χ1v) is 12.6. The molecule has 0 bridgehead atoms. The lowest BCUT2D eigenvalue weighted by Gasteiger charge is -2.30. The summed E-state index contributed by atoms with van der Waals surface area (Å²) in [5.41, 5.74) is 3.49. The number of ether oxygens (including phenoxy) is 1. The van der Waals surface area contributed by atoms with Crippen LogP contribution in [0.3, 0.4) is 0 Å². The summed E-state index contributed by atoms with van der Waals surface area (Å²) < 4.78 is 7.31. The van der Waals surface area contributed by atoms with Gasteiger partial charge in [0.25, 0.3) is 0 Å². The van der Waals surface area contributed by atoms with Gasteiger partial charge in [-0.15, -0.1) is 0 Å². The maximum atomic E-state index is 12.0. The van der Waals surface area contributed by atoms with Crippen LogP contribution in [0.15, 0.2) is 60.9 Å². The molecule has 182 valence electrons. The minimum Gasteiger partial charge on any atom is -0.375 e. The average molecular weight is 510 g/mol. The molecule has 2 N–H and O–H groups in total. The van der Waals surface area contributed by atoms with E-state index in [-0.39, 0.29) is 24.6 Å². The average Bonchev–Trinajstić information content (AvgIpc) is 3.60. The van der Waals surface area contributed by atoms with E-state index in [2.05, 4.69) is 43.4 Å². The Bertz CT molecular complexity index is 1210. The van der Waals surface area contributed by atoms with Gasteiger partial charge in [0.05, 0.1) is 22.4 Å². The van der Waals surface area contributed by atoms with Gasteiger partial charge in [-0.3, -0.25) is 9.78 Å². The molecule has 2 fully saturated rings. The molecule has 35 heavy (non-hydrogen) atoms. The van der Waals surface area contributed by atoms with Crippen LogP contribution in [-0.4, -0.2) is 34.3 Å². The number of carbonyl (C=O) groups excluding carboxylic acids is 1. The van der Waals surface area contributed by atoms with Gasteiger partial charge in [-0.2, -0.15) is 0 Å². The molecule has 3 heterocycles. The first kappa shape index (κ1) is 23.8. The van der Waals surface area contributed by atoms with Crippen molar-refractivity contribution in [3.8, 4) is 0 Å². The Balaban J connectivity index is 1.54. The van der Waals surface area contributed by atoms with Gasteiger partial charge >= 0.3 is 0 Å². The fourth-order valence-electron chi connectivity index (χ4n) is 5.18. The number of amides is 1. The maximum Gasteiger partial charge on any atom is 0.250 e. The molecule has 0 spiro atoms. The van der Waals surface area contributed by atoms with Gasteiger partial charge < -0.3 is 24.8 Å². The maximum absolute atomic E-state index is 12.0. The number of nitrogens with zero attached hydrogens (tertiary/aromatic N) is 3. The number of nitrogens with one attached hydrogen (secondary N) is 2. The Hall–Kier alpha value is -2.94. The highest BCUT2D eigenvalue weighted by atomic mass is 35.5. The predicted molar refractivity (Wildman–Crippen MR) is 142 cm³/mol. The van der Waals surface area contributed by atoms with Crippen LogP contribution >= 0.6 is 23.8 Å². The molecule has 0 radical (unpaired) electrons. The number of methoxy groups -OCH3 is 1. The fraction of sp³-hybridized carbons (Fsp3) is 0.346. The Morgan fingerprint density at radius 1 is 1.23 bits per heavy atom. The van der Waals surface area contributed by atoms with Crippen LogP contribution in [0.1, 0.15) is 55.2 Å². The second-order valence-electron chi connectivity index (χ2n) is 8.92. The van der Waals surface area contributed by atoms with Crippen LogP contribution in [0.25, 0.3) is 0 Å². The summed E-state index contributed by atoms with van der Waals surface area (Å²) in [6, 6.07) is 16.1. The molecule has 1 aliphatic heterocycles. The quantitative estimate of drug-likeness (QED) is 0.415. The minimum atomic E-state index is -0.261. The normalized spacial score (nSPS) is 20.3. The van der Waals surface area contributed by atoms with Crippen molar-refractivity contribution in [1.29, 1.82) is 0 Å². The van der Waals surface area contributed by atoms with Crippen LogP contribution < -0.4 is 15.5 Å². The van der Waals surface area contributed by atoms with Crippen LogP contribution in [0.4, 0.5) is 11.4 Å². The van der Waals surface area contributed by atoms with Crippen molar-refractivity contribution in [3.05, 3.63) is 77.3 Å². The molecule has 3 aromatic rings. The molecule has 2 aliphatic rings. The molecule has 1 amide bonds. The van der Waals surface area contributed by atoms with E-state index >= 15 is 0 Å². The van der Waals surface area contributed by atoms with E-state index in [0.717, 1.165) is 11.4 Å². The zero-order valence-electron chi connectivity index (χ0n) is 19.5. The molecule has 5 rings (SSSR count). The Kier molecular flexibility index (Phi) is 7.04. The van der Waals surface area contributed by atoms with E-state index in [9.17, 15) is 4.79 Å². The number of anilines is 2. The van der Waals surface area contributed by atoms with Crippen molar-refractivity contribution >= 4 is 46.2 Å². The molecule has 1 saturated heterocycles. The second-order valence-corrected chi connectivity index (χ2v) is 9.71. The lowest BCUT2D eigenvalue weighted by Crippen LogP contribution is -2.30. The number of rotatable bonds is 7. The number of hydrogen-bond acceptors (Lipinski definition) is 4. The summed E-state index contributed by atoms with van der Waals surface area (Å²) in [7, 11) is 1.48. The van der Waals surface area contributed by atoms with E-state index in [1.807, 2.05) is 36.5 Å². The lowest BCUT2D eigenvalue weighted by atomic mass is 10.00. The Morgan fingerprint density at radius 3 is 2.77 bits per heavy atom. The summed E-state index contributed by atoms with van der Waals surface area (Å²) in [6.45, 7) is -0.0375. The summed E-state index contributed by atoms with van der Waals surface area (Å²) in [4.78, 5) is 18.7. The number of thiocarbonyl (C=S) groups is 1. The van der Waals surface area contributed by atoms with Gasteiger partial charge in [-0.05, 0) is 67.5 Å². The molecule has 7 nitrogen and oxygen atoms in total. The van der Waals surface area contributed by atoms with Crippen molar-refractivity contribution < 1.29 is 9.53 Å². The van der Waals surface area contributed by atoms with Gasteiger partial charge in [0.15, 0.2) is 5.11 Å². The number of benzene rings is 1. The zero-order chi connectivity index (χ0) is 24.4. The third-order valence-electron chi connectivity index (χ3n) is 6.71. The van der Waals surface area contributed by atoms with E-state index in [4.69, 9.17) is 28.6 Å². The Labute approximate surface area is 215 Å². The third-order valence-corrected chi connectivity index (χ3v) is 7.34. The first-order valence-electron chi connectivity index (χ1n) is 11.8. The minimum absolute atomic E-state index is 0.0375. The molecule has 1 aromatic carbocycles.